The first-order valence-corrected chi connectivity index (χ1v) is 15.3. The highest BCUT2D eigenvalue weighted by molar-refractivity contribution is 6.14. The van der Waals surface area contributed by atoms with Crippen LogP contribution >= 0.6 is 0 Å². The number of alkyl halides is 12. The number of benzene rings is 6. The molecule has 6 rings (SSSR count). The van der Waals surface area contributed by atoms with Crippen LogP contribution in [-0.2, 0) is 24.7 Å². The molecule has 0 bridgehead atoms. The average Bonchev–Trinajstić information content (AvgIpc) is 3.09. The summed E-state index contributed by atoms with van der Waals surface area (Å²) in [5, 5.41) is 24.2. The Morgan fingerprint density at radius 3 is 1.06 bits per heavy atom. The van der Waals surface area contributed by atoms with Gasteiger partial charge in [0.25, 0.3) is 0 Å². The van der Waals surface area contributed by atoms with E-state index >= 15 is 0 Å². The zero-order valence-electron chi connectivity index (χ0n) is 27.3. The lowest BCUT2D eigenvalue weighted by atomic mass is 9.85. The molecule has 0 saturated heterocycles. The molecule has 0 aliphatic rings. The number of hydrogen-bond acceptors (Lipinski definition) is 4. The number of phenols is 2. The number of fused-ring (bicyclic) bond motifs is 2. The monoisotopic (exact) mass is 770 g/mol. The third-order valence-electron chi connectivity index (χ3n) is 8.73. The Bertz CT molecular complexity index is 2270. The van der Waals surface area contributed by atoms with E-state index in [0.717, 1.165) is 26.4 Å². The molecule has 0 aliphatic carbocycles. The van der Waals surface area contributed by atoms with Gasteiger partial charge >= 0.3 is 24.7 Å². The van der Waals surface area contributed by atoms with Gasteiger partial charge in [-0.05, 0) is 57.9 Å². The van der Waals surface area contributed by atoms with E-state index in [9.17, 15) is 62.9 Å². The van der Waals surface area contributed by atoms with Crippen molar-refractivity contribution in [2.45, 2.75) is 24.7 Å². The summed E-state index contributed by atoms with van der Waals surface area (Å²) < 4.78 is 179. The minimum absolute atomic E-state index is 0.0327. The van der Waals surface area contributed by atoms with Crippen molar-refractivity contribution in [3.05, 3.63) is 107 Å². The van der Waals surface area contributed by atoms with E-state index in [1.807, 2.05) is 0 Å². The highest BCUT2D eigenvalue weighted by atomic mass is 19.4. The summed E-state index contributed by atoms with van der Waals surface area (Å²) in [6.07, 6.45) is -21.4. The fourth-order valence-electron chi connectivity index (χ4n) is 6.44. The number of hydrogen-bond donors (Lipinski definition) is 2. The van der Waals surface area contributed by atoms with Crippen LogP contribution in [0, 0.1) is 0 Å². The molecule has 0 amide bonds. The Morgan fingerprint density at radius 1 is 0.426 bits per heavy atom. The van der Waals surface area contributed by atoms with Gasteiger partial charge < -0.3 is 19.7 Å². The van der Waals surface area contributed by atoms with Crippen LogP contribution in [0.1, 0.15) is 22.3 Å². The van der Waals surface area contributed by atoms with Crippen molar-refractivity contribution in [2.75, 3.05) is 14.2 Å². The zero-order valence-corrected chi connectivity index (χ0v) is 27.3. The Hall–Kier alpha value is -5.80. The van der Waals surface area contributed by atoms with Crippen LogP contribution in [0.25, 0.3) is 54.9 Å². The van der Waals surface area contributed by atoms with Crippen LogP contribution in [-0.4, -0.2) is 24.4 Å². The van der Waals surface area contributed by atoms with Crippen molar-refractivity contribution in [3.8, 4) is 56.4 Å². The van der Waals surface area contributed by atoms with E-state index in [0.29, 0.717) is 12.1 Å². The molecule has 4 nitrogen and oxygen atoms in total. The summed E-state index contributed by atoms with van der Waals surface area (Å²) in [4.78, 5) is 0. The standard InChI is InChI=1S/C38H22F12O4/c1-53-33-25(13-19(35(39,40)41)15-27(33)37(45,46)47)23-11-17-7-3-5-9-21(17)29(31(23)51)30-22-10-6-4-8-18(22)12-24(32(30)52)26-14-20(36(42,43)44)16-28(34(26)54-2)38(48,49)50/h3-16,51-52H,1-2H3. The normalized spacial score (nSPS) is 12.8. The summed E-state index contributed by atoms with van der Waals surface area (Å²) in [7, 11) is 1.53. The summed E-state index contributed by atoms with van der Waals surface area (Å²) in [5.74, 6) is -4.24. The molecule has 0 unspecified atom stereocenters. The minimum atomic E-state index is -5.39. The highest BCUT2D eigenvalue weighted by Gasteiger charge is 2.43. The van der Waals surface area contributed by atoms with Crippen molar-refractivity contribution in [1.29, 1.82) is 0 Å². The Morgan fingerprint density at radius 2 is 0.759 bits per heavy atom. The van der Waals surface area contributed by atoms with Gasteiger partial charge in [-0.15, -0.1) is 0 Å². The number of ether oxygens (including phenoxy) is 2. The third kappa shape index (κ3) is 6.53. The van der Waals surface area contributed by atoms with Crippen molar-refractivity contribution in [2.24, 2.45) is 0 Å². The topological polar surface area (TPSA) is 58.9 Å². The number of methoxy groups -OCH3 is 2. The first-order chi connectivity index (χ1) is 25.1. The molecule has 0 saturated carbocycles. The second-order valence-corrected chi connectivity index (χ2v) is 11.9. The summed E-state index contributed by atoms with van der Waals surface area (Å²) >= 11 is 0. The molecule has 0 fully saturated rings. The first-order valence-electron chi connectivity index (χ1n) is 15.3. The molecule has 54 heavy (non-hydrogen) atoms. The van der Waals surface area contributed by atoms with Crippen LogP contribution in [0.4, 0.5) is 52.7 Å². The molecule has 2 N–H and O–H groups in total. The molecular weight excluding hydrogens is 748 g/mol. The first kappa shape index (κ1) is 37.9. The maximum atomic E-state index is 14.2. The van der Waals surface area contributed by atoms with E-state index in [1.54, 1.807) is 0 Å². The quantitative estimate of drug-likeness (QED) is 0.171. The molecule has 6 aromatic rings. The van der Waals surface area contributed by atoms with Gasteiger partial charge in [0.05, 0.1) is 36.5 Å². The van der Waals surface area contributed by atoms with Crippen LogP contribution in [0.15, 0.2) is 84.9 Å². The van der Waals surface area contributed by atoms with Gasteiger partial charge in [-0.2, -0.15) is 52.7 Å². The van der Waals surface area contributed by atoms with E-state index in [4.69, 9.17) is 9.47 Å². The lowest BCUT2D eigenvalue weighted by Gasteiger charge is -2.23. The number of halogens is 12. The molecule has 0 aromatic heterocycles. The SMILES string of the molecule is COc1c(-c2cc3ccccc3c(-c3c(O)c(-c4cc(C(F)(F)F)cc(C(F)(F)F)c4OC)cc4ccccc34)c2O)cc(C(F)(F)F)cc1C(F)(F)F. The average molecular weight is 771 g/mol. The molecule has 0 aliphatic heterocycles. The molecule has 282 valence electrons. The van der Waals surface area contributed by atoms with Crippen LogP contribution in [0.3, 0.4) is 0 Å². The smallest absolute Gasteiger partial charge is 0.420 e. The lowest BCUT2D eigenvalue weighted by Crippen LogP contribution is -2.13. The fraction of sp³-hybridized carbons (Fsp3) is 0.158. The molecule has 0 heterocycles. The maximum Gasteiger partial charge on any atom is 0.420 e. The Kier molecular flexibility index (Phi) is 9.10. The Balaban J connectivity index is 1.81. The van der Waals surface area contributed by atoms with Gasteiger partial charge in [0.2, 0.25) is 0 Å². The van der Waals surface area contributed by atoms with E-state index in [1.165, 1.54) is 48.5 Å². The molecule has 16 heteroatoms. The molecule has 0 atom stereocenters. The zero-order chi connectivity index (χ0) is 39.7. The number of aromatic hydroxyl groups is 2. The molecule has 0 radical (unpaired) electrons. The van der Waals surface area contributed by atoms with Crippen LogP contribution < -0.4 is 9.47 Å². The largest absolute Gasteiger partial charge is 0.507 e. The van der Waals surface area contributed by atoms with Gasteiger partial charge in [-0.1, -0.05) is 48.5 Å². The van der Waals surface area contributed by atoms with Gasteiger partial charge in [0.15, 0.2) is 0 Å². The number of rotatable bonds is 5. The second kappa shape index (κ2) is 13.0. The van der Waals surface area contributed by atoms with Crippen molar-refractivity contribution >= 4 is 21.5 Å². The summed E-state index contributed by atoms with van der Waals surface area (Å²) in [5.41, 5.74) is -11.1. The van der Waals surface area contributed by atoms with Gasteiger partial charge in [0, 0.05) is 33.4 Å². The van der Waals surface area contributed by atoms with Crippen molar-refractivity contribution < 1.29 is 72.4 Å². The van der Waals surface area contributed by atoms with E-state index in [-0.39, 0.29) is 33.7 Å². The van der Waals surface area contributed by atoms with Gasteiger partial charge in [-0.25, -0.2) is 0 Å². The Labute approximate surface area is 296 Å². The van der Waals surface area contributed by atoms with Crippen molar-refractivity contribution in [1.82, 2.24) is 0 Å². The predicted octanol–water partition coefficient (Wildman–Crippen LogP) is 12.5. The molecular formula is C38H22F12O4. The molecule has 6 aromatic carbocycles. The fourth-order valence-corrected chi connectivity index (χ4v) is 6.44. The van der Waals surface area contributed by atoms with Gasteiger partial charge in [0.1, 0.15) is 23.0 Å². The second-order valence-electron chi connectivity index (χ2n) is 11.9. The van der Waals surface area contributed by atoms with Crippen LogP contribution in [0.2, 0.25) is 0 Å². The van der Waals surface area contributed by atoms with E-state index < -0.39 is 103 Å². The predicted molar refractivity (Wildman–Crippen MR) is 174 cm³/mol. The van der Waals surface area contributed by atoms with Crippen LogP contribution in [0.5, 0.6) is 23.0 Å². The summed E-state index contributed by atoms with van der Waals surface area (Å²) in [6.45, 7) is 0. The maximum absolute atomic E-state index is 14.2. The minimum Gasteiger partial charge on any atom is -0.507 e. The molecule has 0 spiro atoms. The lowest BCUT2D eigenvalue weighted by molar-refractivity contribution is -0.145. The number of phenolic OH excluding ortho intramolecular Hbond substituents is 2. The third-order valence-corrected chi connectivity index (χ3v) is 8.73. The highest BCUT2D eigenvalue weighted by Crippen LogP contribution is 2.56. The van der Waals surface area contributed by atoms with E-state index in [2.05, 4.69) is 0 Å². The van der Waals surface area contributed by atoms with Gasteiger partial charge in [-0.3, -0.25) is 0 Å². The van der Waals surface area contributed by atoms with Crippen molar-refractivity contribution in [3.63, 3.8) is 0 Å². The summed E-state index contributed by atoms with van der Waals surface area (Å²) in [6, 6.07) is 13.7.